The zero-order chi connectivity index (χ0) is 9.78. The third kappa shape index (κ3) is 15.0. The Bertz CT molecular complexity index is 83.8. The van der Waals surface area contributed by atoms with Crippen molar-refractivity contribution in [2.45, 2.75) is 0 Å². The molecule has 5 nitrogen and oxygen atoms in total. The van der Waals surface area contributed by atoms with Gasteiger partial charge in [-0.05, 0) is 0 Å². The first kappa shape index (κ1) is 16.9. The lowest BCUT2D eigenvalue weighted by molar-refractivity contribution is 0.00230. The van der Waals surface area contributed by atoms with E-state index in [-0.39, 0.29) is 37.2 Å². The molecule has 0 radical (unpaired) electrons. The second kappa shape index (κ2) is 16.0. The first-order valence-corrected chi connectivity index (χ1v) is 4.36. The normalized spacial score (nSPS) is 9.86. The van der Waals surface area contributed by atoms with Crippen LogP contribution in [0.2, 0.25) is 0 Å². The topological polar surface area (TPSA) is 68.2 Å². The van der Waals surface area contributed by atoms with Crippen LogP contribution < -0.4 is 0 Å². The van der Waals surface area contributed by atoms with Crippen molar-refractivity contribution >= 4 is 24.0 Å². The molecule has 0 spiro atoms. The van der Waals surface area contributed by atoms with Crippen molar-refractivity contribution in [3.8, 4) is 0 Å². The lowest BCUT2D eigenvalue weighted by Crippen LogP contribution is -2.11. The fourth-order valence-corrected chi connectivity index (χ4v) is 0.671. The zero-order valence-electron chi connectivity index (χ0n) is 8.18. The molecule has 0 bridgehead atoms. The Morgan fingerprint density at radius 1 is 0.571 bits per heavy atom. The SMILES string of the molecule is I.OCCOCCOCCOCCO. The highest BCUT2D eigenvalue weighted by Crippen LogP contribution is 1.80. The second-order valence-corrected chi connectivity index (χ2v) is 2.28. The minimum absolute atomic E-state index is 0. The van der Waals surface area contributed by atoms with Gasteiger partial charge in [-0.15, -0.1) is 24.0 Å². The highest BCUT2D eigenvalue weighted by Gasteiger charge is 1.89. The van der Waals surface area contributed by atoms with Crippen LogP contribution in [0.15, 0.2) is 0 Å². The molecule has 0 rings (SSSR count). The van der Waals surface area contributed by atoms with Crippen molar-refractivity contribution in [3.05, 3.63) is 0 Å². The van der Waals surface area contributed by atoms with E-state index in [9.17, 15) is 0 Å². The van der Waals surface area contributed by atoms with Crippen molar-refractivity contribution in [2.24, 2.45) is 0 Å². The number of ether oxygens (including phenoxy) is 3. The molecule has 0 amide bonds. The van der Waals surface area contributed by atoms with E-state index < -0.39 is 0 Å². The number of hydrogen-bond donors (Lipinski definition) is 2. The number of halogens is 1. The third-order valence-corrected chi connectivity index (χ3v) is 1.22. The van der Waals surface area contributed by atoms with E-state index in [1.165, 1.54) is 0 Å². The summed E-state index contributed by atoms with van der Waals surface area (Å²) in [5.41, 5.74) is 0. The molecule has 0 fully saturated rings. The van der Waals surface area contributed by atoms with E-state index in [0.717, 1.165) is 0 Å². The van der Waals surface area contributed by atoms with Crippen LogP contribution in [0.25, 0.3) is 0 Å². The molecule has 0 heterocycles. The summed E-state index contributed by atoms with van der Waals surface area (Å²) >= 11 is 0. The summed E-state index contributed by atoms with van der Waals surface area (Å²) in [5, 5.41) is 16.7. The quantitative estimate of drug-likeness (QED) is 0.425. The molecular formula is C8H19IO5. The molecule has 0 saturated heterocycles. The van der Waals surface area contributed by atoms with E-state index >= 15 is 0 Å². The molecule has 0 aliphatic heterocycles. The Labute approximate surface area is 101 Å². The van der Waals surface area contributed by atoms with Crippen molar-refractivity contribution < 1.29 is 24.4 Å². The van der Waals surface area contributed by atoms with Gasteiger partial charge in [-0.3, -0.25) is 0 Å². The maximum Gasteiger partial charge on any atom is 0.0701 e. The van der Waals surface area contributed by atoms with Crippen LogP contribution in [0, 0.1) is 0 Å². The summed E-state index contributed by atoms with van der Waals surface area (Å²) in [5.74, 6) is 0. The molecule has 0 aliphatic carbocycles. The van der Waals surface area contributed by atoms with Crippen molar-refractivity contribution in [3.63, 3.8) is 0 Å². The molecule has 6 heteroatoms. The van der Waals surface area contributed by atoms with Crippen molar-refractivity contribution in [1.82, 2.24) is 0 Å². The predicted molar refractivity (Wildman–Crippen MR) is 62.0 cm³/mol. The van der Waals surface area contributed by atoms with E-state index in [1.807, 2.05) is 0 Å². The molecule has 2 N–H and O–H groups in total. The van der Waals surface area contributed by atoms with Crippen molar-refractivity contribution in [1.29, 1.82) is 0 Å². The van der Waals surface area contributed by atoms with Crippen LogP contribution in [0.1, 0.15) is 0 Å². The fraction of sp³-hybridized carbons (Fsp3) is 1.00. The van der Waals surface area contributed by atoms with Gasteiger partial charge in [0.15, 0.2) is 0 Å². The first-order chi connectivity index (χ1) is 6.41. The molecule has 0 aliphatic rings. The Balaban J connectivity index is 0. The molecule has 0 atom stereocenters. The van der Waals surface area contributed by atoms with E-state index in [1.54, 1.807) is 0 Å². The molecule has 0 aromatic heterocycles. The maximum atomic E-state index is 8.36. The van der Waals surface area contributed by atoms with E-state index in [0.29, 0.717) is 39.6 Å². The molecule has 0 saturated carbocycles. The summed E-state index contributed by atoms with van der Waals surface area (Å²) in [6.07, 6.45) is 0. The van der Waals surface area contributed by atoms with Crippen LogP contribution in [0.3, 0.4) is 0 Å². The largest absolute Gasteiger partial charge is 0.394 e. The van der Waals surface area contributed by atoms with Gasteiger partial charge in [-0.25, -0.2) is 0 Å². The molecule has 0 aromatic carbocycles. The number of aliphatic hydroxyl groups is 2. The summed E-state index contributed by atoms with van der Waals surface area (Å²) in [4.78, 5) is 0. The summed E-state index contributed by atoms with van der Waals surface area (Å²) in [6.45, 7) is 2.76. The molecular weight excluding hydrogens is 303 g/mol. The van der Waals surface area contributed by atoms with Crippen LogP contribution >= 0.6 is 24.0 Å². The highest BCUT2D eigenvalue weighted by molar-refractivity contribution is 14.0. The van der Waals surface area contributed by atoms with Gasteiger partial charge in [0.2, 0.25) is 0 Å². The van der Waals surface area contributed by atoms with Gasteiger partial charge in [0.1, 0.15) is 0 Å². The second-order valence-electron chi connectivity index (χ2n) is 2.28. The average molecular weight is 322 g/mol. The minimum Gasteiger partial charge on any atom is -0.394 e. The number of hydrogen-bond acceptors (Lipinski definition) is 5. The van der Waals surface area contributed by atoms with Gasteiger partial charge < -0.3 is 24.4 Å². The summed E-state index contributed by atoms with van der Waals surface area (Å²) < 4.78 is 15.0. The summed E-state index contributed by atoms with van der Waals surface area (Å²) in [6, 6.07) is 0. The van der Waals surface area contributed by atoms with Gasteiger partial charge >= 0.3 is 0 Å². The fourth-order valence-electron chi connectivity index (χ4n) is 0.671. The lowest BCUT2D eigenvalue weighted by atomic mass is 10.7. The lowest BCUT2D eigenvalue weighted by Gasteiger charge is -2.04. The third-order valence-electron chi connectivity index (χ3n) is 1.22. The van der Waals surface area contributed by atoms with Crippen LogP contribution in [-0.4, -0.2) is 63.1 Å². The predicted octanol–water partition coefficient (Wildman–Crippen LogP) is -0.361. The zero-order valence-corrected chi connectivity index (χ0v) is 10.5. The first-order valence-electron chi connectivity index (χ1n) is 4.36. The van der Waals surface area contributed by atoms with Crippen LogP contribution in [0.4, 0.5) is 0 Å². The molecule has 0 aromatic rings. The minimum atomic E-state index is 0. The smallest absolute Gasteiger partial charge is 0.0701 e. The van der Waals surface area contributed by atoms with Gasteiger partial charge in [0.05, 0.1) is 52.9 Å². The van der Waals surface area contributed by atoms with Gasteiger partial charge in [-0.2, -0.15) is 0 Å². The molecule has 88 valence electrons. The highest BCUT2D eigenvalue weighted by atomic mass is 127. The maximum absolute atomic E-state index is 8.36. The van der Waals surface area contributed by atoms with Crippen LogP contribution in [0.5, 0.6) is 0 Å². The number of rotatable bonds is 10. The van der Waals surface area contributed by atoms with Gasteiger partial charge in [0.25, 0.3) is 0 Å². The van der Waals surface area contributed by atoms with Crippen LogP contribution in [-0.2, 0) is 14.2 Å². The monoisotopic (exact) mass is 322 g/mol. The van der Waals surface area contributed by atoms with Crippen molar-refractivity contribution in [2.75, 3.05) is 52.9 Å². The molecule has 14 heavy (non-hydrogen) atoms. The van der Waals surface area contributed by atoms with Gasteiger partial charge in [0, 0.05) is 0 Å². The Morgan fingerprint density at radius 3 is 1.14 bits per heavy atom. The van der Waals surface area contributed by atoms with E-state index in [4.69, 9.17) is 24.4 Å². The Kier molecular flexibility index (Phi) is 19.3. The number of aliphatic hydroxyl groups excluding tert-OH is 2. The Morgan fingerprint density at radius 2 is 0.857 bits per heavy atom. The van der Waals surface area contributed by atoms with Gasteiger partial charge in [-0.1, -0.05) is 0 Å². The summed E-state index contributed by atoms with van der Waals surface area (Å²) in [7, 11) is 0. The van der Waals surface area contributed by atoms with E-state index in [2.05, 4.69) is 0 Å². The molecule has 0 unspecified atom stereocenters. The standard InChI is InChI=1S/C8H18O5.HI/c9-1-3-11-5-7-13-8-6-12-4-2-10;/h9-10H,1-8H2;1H. The average Bonchev–Trinajstić information content (AvgIpc) is 2.16. The Hall–Kier alpha value is 0.530.